The average molecular weight is 412 g/mol. The van der Waals surface area contributed by atoms with Gasteiger partial charge in [-0.15, -0.1) is 11.3 Å². The number of hydrogen-bond acceptors (Lipinski definition) is 5. The van der Waals surface area contributed by atoms with E-state index in [1.54, 1.807) is 0 Å². The number of hydrogen-bond donors (Lipinski definition) is 1. The van der Waals surface area contributed by atoms with Crippen LogP contribution in [0.4, 0.5) is 11.4 Å². The topological polar surface area (TPSA) is 63.1 Å². The number of nitrogens with zero attached hydrogens (tertiary/aromatic N) is 4. The fourth-order valence-electron chi connectivity index (χ4n) is 3.26. The van der Waals surface area contributed by atoms with E-state index in [-0.39, 0.29) is 12.3 Å². The largest absolute Gasteiger partial charge is 0.378 e. The Kier molecular flexibility index (Phi) is 6.69. The number of anilines is 2. The molecular formula is C22H29N5OS. The van der Waals surface area contributed by atoms with Gasteiger partial charge in [0.1, 0.15) is 0 Å². The zero-order valence-electron chi connectivity index (χ0n) is 17.8. The van der Waals surface area contributed by atoms with Gasteiger partial charge in [0.2, 0.25) is 11.0 Å². The number of unbranched alkanes of at least 4 members (excludes halogenated alkanes) is 1. The summed E-state index contributed by atoms with van der Waals surface area (Å²) in [5, 5.41) is 10.4. The Morgan fingerprint density at radius 1 is 1.21 bits per heavy atom. The summed E-state index contributed by atoms with van der Waals surface area (Å²) < 4.78 is 1.91. The monoisotopic (exact) mass is 411 g/mol. The van der Waals surface area contributed by atoms with Crippen molar-refractivity contribution in [2.75, 3.05) is 24.3 Å². The van der Waals surface area contributed by atoms with E-state index in [0.29, 0.717) is 0 Å². The van der Waals surface area contributed by atoms with Crippen LogP contribution in [0.5, 0.6) is 0 Å². The molecule has 2 heterocycles. The molecule has 0 atom stereocenters. The van der Waals surface area contributed by atoms with Crippen molar-refractivity contribution in [1.82, 2.24) is 14.8 Å². The van der Waals surface area contributed by atoms with Gasteiger partial charge in [0.15, 0.2) is 0 Å². The molecule has 0 aliphatic carbocycles. The molecule has 154 valence electrons. The highest BCUT2D eigenvalue weighted by Gasteiger charge is 2.16. The molecule has 0 unspecified atom stereocenters. The summed E-state index contributed by atoms with van der Waals surface area (Å²) in [5.41, 5.74) is 6.15. The van der Waals surface area contributed by atoms with E-state index in [1.807, 2.05) is 53.3 Å². The summed E-state index contributed by atoms with van der Waals surface area (Å²) in [4.78, 5) is 19.1. The first-order valence-corrected chi connectivity index (χ1v) is 10.8. The first kappa shape index (κ1) is 21.0. The third-order valence-electron chi connectivity index (χ3n) is 4.95. The summed E-state index contributed by atoms with van der Waals surface area (Å²) >= 11 is 1.52. The molecule has 0 aliphatic heterocycles. The number of aryl methyl sites for hydroxylation is 1. The Morgan fingerprint density at radius 2 is 1.93 bits per heavy atom. The molecule has 29 heavy (non-hydrogen) atoms. The van der Waals surface area contributed by atoms with E-state index in [2.05, 4.69) is 36.2 Å². The van der Waals surface area contributed by atoms with Crippen molar-refractivity contribution in [3.63, 3.8) is 0 Å². The highest BCUT2D eigenvalue weighted by molar-refractivity contribution is 7.12. The van der Waals surface area contributed by atoms with Crippen molar-refractivity contribution in [1.29, 1.82) is 0 Å². The van der Waals surface area contributed by atoms with Crippen molar-refractivity contribution >= 4 is 28.6 Å². The van der Waals surface area contributed by atoms with E-state index < -0.39 is 0 Å². The average Bonchev–Trinajstić information content (AvgIpc) is 3.24. The third-order valence-corrected chi connectivity index (χ3v) is 5.82. The number of thiazole rings is 1. The molecular weight excluding hydrogens is 382 g/mol. The Hall–Kier alpha value is -2.67. The first-order chi connectivity index (χ1) is 13.9. The molecule has 1 N–H and O–H groups in total. The van der Waals surface area contributed by atoms with E-state index in [4.69, 9.17) is 0 Å². The van der Waals surface area contributed by atoms with E-state index in [1.165, 1.54) is 23.3 Å². The Labute approximate surface area is 176 Å². The molecule has 3 rings (SSSR count). The van der Waals surface area contributed by atoms with Crippen LogP contribution in [0.25, 0.3) is 5.13 Å². The van der Waals surface area contributed by atoms with Crippen LogP contribution in [0.3, 0.4) is 0 Å². The Balaban J connectivity index is 1.66. The molecule has 0 spiro atoms. The molecule has 6 nitrogen and oxygen atoms in total. The predicted octanol–water partition coefficient (Wildman–Crippen LogP) is 4.54. The van der Waals surface area contributed by atoms with Crippen LogP contribution in [-0.2, 0) is 17.6 Å². The number of aromatic nitrogens is 3. The van der Waals surface area contributed by atoms with Gasteiger partial charge in [-0.05, 0) is 56.5 Å². The fourth-order valence-corrected chi connectivity index (χ4v) is 4.09. The molecule has 0 bridgehead atoms. The van der Waals surface area contributed by atoms with Crippen LogP contribution in [0, 0.1) is 13.8 Å². The number of carbonyl (C=O) groups is 1. The zero-order valence-corrected chi connectivity index (χ0v) is 18.6. The summed E-state index contributed by atoms with van der Waals surface area (Å²) in [6.07, 6.45) is 3.61. The van der Waals surface area contributed by atoms with Crippen molar-refractivity contribution in [3.05, 3.63) is 52.3 Å². The van der Waals surface area contributed by atoms with Gasteiger partial charge in [0.05, 0.1) is 17.8 Å². The minimum Gasteiger partial charge on any atom is -0.378 e. The van der Waals surface area contributed by atoms with Gasteiger partial charge in [-0.3, -0.25) is 4.79 Å². The summed E-state index contributed by atoms with van der Waals surface area (Å²) in [6.45, 7) is 6.35. The standard InChI is InChI=1S/C22H29N5OS/c1-6-7-8-20-15(2)25-27(16(20)3)22-24-18(14-29-22)13-21(28)23-17-9-11-19(12-10-17)26(4)5/h9-12,14H,6-8,13H2,1-5H3,(H,23,28). The minimum atomic E-state index is -0.0727. The van der Waals surface area contributed by atoms with Gasteiger partial charge >= 0.3 is 0 Å². The molecule has 0 fully saturated rings. The maximum atomic E-state index is 12.4. The molecule has 1 aromatic carbocycles. The first-order valence-electron chi connectivity index (χ1n) is 9.96. The lowest BCUT2D eigenvalue weighted by Crippen LogP contribution is -2.15. The zero-order chi connectivity index (χ0) is 21.0. The quantitative estimate of drug-likeness (QED) is 0.591. The highest BCUT2D eigenvalue weighted by atomic mass is 32.1. The highest BCUT2D eigenvalue weighted by Crippen LogP contribution is 2.23. The third kappa shape index (κ3) is 5.03. The molecule has 3 aromatic rings. The molecule has 7 heteroatoms. The second-order valence-corrected chi connectivity index (χ2v) is 8.29. The fraction of sp³-hybridized carbons (Fsp3) is 0.409. The molecule has 0 aliphatic rings. The van der Waals surface area contributed by atoms with Crippen molar-refractivity contribution in [2.24, 2.45) is 0 Å². The van der Waals surface area contributed by atoms with Crippen LogP contribution in [-0.4, -0.2) is 34.8 Å². The van der Waals surface area contributed by atoms with Gasteiger partial charge in [-0.25, -0.2) is 9.67 Å². The number of amides is 1. The normalized spacial score (nSPS) is 10.9. The minimum absolute atomic E-state index is 0.0727. The van der Waals surface area contributed by atoms with E-state index in [0.717, 1.165) is 46.4 Å². The van der Waals surface area contributed by atoms with Crippen LogP contribution in [0.1, 0.15) is 42.4 Å². The van der Waals surface area contributed by atoms with Gasteiger partial charge in [-0.2, -0.15) is 5.10 Å². The summed E-state index contributed by atoms with van der Waals surface area (Å²) in [7, 11) is 3.98. The molecule has 0 saturated heterocycles. The lowest BCUT2D eigenvalue weighted by molar-refractivity contribution is -0.115. The number of benzene rings is 1. The van der Waals surface area contributed by atoms with Crippen LogP contribution in [0.15, 0.2) is 29.6 Å². The van der Waals surface area contributed by atoms with Crippen LogP contribution in [0.2, 0.25) is 0 Å². The lowest BCUT2D eigenvalue weighted by Gasteiger charge is -2.12. The Bertz CT molecular complexity index is 972. The molecule has 0 radical (unpaired) electrons. The maximum Gasteiger partial charge on any atom is 0.230 e. The van der Waals surface area contributed by atoms with Gasteiger partial charge in [-0.1, -0.05) is 13.3 Å². The van der Waals surface area contributed by atoms with Gasteiger partial charge < -0.3 is 10.2 Å². The van der Waals surface area contributed by atoms with Crippen molar-refractivity contribution < 1.29 is 4.79 Å². The lowest BCUT2D eigenvalue weighted by atomic mass is 10.1. The van der Waals surface area contributed by atoms with Crippen molar-refractivity contribution in [2.45, 2.75) is 46.5 Å². The van der Waals surface area contributed by atoms with Crippen molar-refractivity contribution in [3.8, 4) is 5.13 Å². The summed E-state index contributed by atoms with van der Waals surface area (Å²) in [5.74, 6) is -0.0727. The molecule has 0 saturated carbocycles. The van der Waals surface area contributed by atoms with Gasteiger partial charge in [0.25, 0.3) is 0 Å². The van der Waals surface area contributed by atoms with Crippen LogP contribution >= 0.6 is 11.3 Å². The second-order valence-electron chi connectivity index (χ2n) is 7.45. The predicted molar refractivity (Wildman–Crippen MR) is 120 cm³/mol. The smallest absolute Gasteiger partial charge is 0.230 e. The Morgan fingerprint density at radius 3 is 2.59 bits per heavy atom. The van der Waals surface area contributed by atoms with E-state index >= 15 is 0 Å². The number of carbonyl (C=O) groups excluding carboxylic acids is 1. The van der Waals surface area contributed by atoms with E-state index in [9.17, 15) is 4.79 Å². The number of rotatable bonds is 8. The SMILES string of the molecule is CCCCc1c(C)nn(-c2nc(CC(=O)Nc3ccc(N(C)C)cc3)cs2)c1C. The maximum absolute atomic E-state index is 12.4. The van der Waals surface area contributed by atoms with Crippen LogP contribution < -0.4 is 10.2 Å². The second kappa shape index (κ2) is 9.22. The molecule has 1 amide bonds. The molecule has 2 aromatic heterocycles. The van der Waals surface area contributed by atoms with Gasteiger partial charge in [0, 0.05) is 36.5 Å². The summed E-state index contributed by atoms with van der Waals surface area (Å²) in [6, 6.07) is 7.78. The number of nitrogens with one attached hydrogen (secondary N) is 1.